The Kier molecular flexibility index (Phi) is 6.17. The molecule has 1 aliphatic heterocycles. The maximum absolute atomic E-state index is 10.3. The molecule has 0 amide bonds. The van der Waals surface area contributed by atoms with Gasteiger partial charge in [0.25, 0.3) is 0 Å². The van der Waals surface area contributed by atoms with Crippen molar-refractivity contribution in [1.82, 2.24) is 10.2 Å². The summed E-state index contributed by atoms with van der Waals surface area (Å²) in [4.78, 5) is 2.66. The molecule has 2 saturated carbocycles. The molecule has 3 heteroatoms. The van der Waals surface area contributed by atoms with Crippen LogP contribution in [0.25, 0.3) is 0 Å². The first-order chi connectivity index (χ1) is 10.7. The van der Waals surface area contributed by atoms with Crippen LogP contribution >= 0.6 is 0 Å². The Morgan fingerprint density at radius 1 is 1.05 bits per heavy atom. The first-order valence-corrected chi connectivity index (χ1v) is 9.88. The normalized spacial score (nSPS) is 33.0. The van der Waals surface area contributed by atoms with E-state index in [1.807, 2.05) is 0 Å². The zero-order valence-electron chi connectivity index (χ0n) is 14.5. The van der Waals surface area contributed by atoms with Gasteiger partial charge in [0, 0.05) is 25.7 Å². The molecule has 3 aliphatic rings. The zero-order chi connectivity index (χ0) is 15.4. The van der Waals surface area contributed by atoms with Gasteiger partial charge in [0.05, 0.1) is 6.10 Å². The third kappa shape index (κ3) is 4.46. The van der Waals surface area contributed by atoms with Crippen LogP contribution in [-0.4, -0.2) is 48.3 Å². The van der Waals surface area contributed by atoms with Gasteiger partial charge in [-0.3, -0.25) is 0 Å². The number of rotatable bonds is 7. The number of aliphatic hydroxyl groups is 1. The van der Waals surface area contributed by atoms with Crippen LogP contribution in [-0.2, 0) is 0 Å². The molecule has 3 rings (SSSR count). The van der Waals surface area contributed by atoms with Gasteiger partial charge >= 0.3 is 0 Å². The summed E-state index contributed by atoms with van der Waals surface area (Å²) in [5.74, 6) is 2.32. The van der Waals surface area contributed by atoms with Gasteiger partial charge in [-0.25, -0.2) is 0 Å². The first kappa shape index (κ1) is 16.7. The Balaban J connectivity index is 1.50. The second-order valence-electron chi connectivity index (χ2n) is 8.24. The van der Waals surface area contributed by atoms with Gasteiger partial charge in [-0.05, 0) is 62.8 Å². The summed E-state index contributed by atoms with van der Waals surface area (Å²) in [5, 5.41) is 14.2. The van der Waals surface area contributed by atoms with Crippen molar-refractivity contribution in [1.29, 1.82) is 0 Å². The minimum absolute atomic E-state index is 0.111. The van der Waals surface area contributed by atoms with E-state index in [0.29, 0.717) is 12.0 Å². The lowest BCUT2D eigenvalue weighted by Crippen LogP contribution is -2.53. The standard InChI is InChI=1S/C19H36N2O/c1-2-19(22)17-10-18(20-11-15-6-3-4-7-15)14-21(13-17)12-16-8-5-9-16/h15-20,22H,2-14H2,1H3. The van der Waals surface area contributed by atoms with Crippen molar-refractivity contribution in [3.05, 3.63) is 0 Å². The number of nitrogens with one attached hydrogen (secondary N) is 1. The average Bonchev–Trinajstić information content (AvgIpc) is 3.01. The lowest BCUT2D eigenvalue weighted by Gasteiger charge is -2.42. The molecular formula is C19H36N2O. The Morgan fingerprint density at radius 2 is 1.77 bits per heavy atom. The summed E-state index contributed by atoms with van der Waals surface area (Å²) in [6.45, 7) is 6.92. The molecule has 0 bridgehead atoms. The number of likely N-dealkylation sites (tertiary alicyclic amines) is 1. The number of piperidine rings is 1. The van der Waals surface area contributed by atoms with Crippen LogP contribution in [0.4, 0.5) is 0 Å². The first-order valence-electron chi connectivity index (χ1n) is 9.88. The molecule has 22 heavy (non-hydrogen) atoms. The monoisotopic (exact) mass is 308 g/mol. The van der Waals surface area contributed by atoms with Crippen LogP contribution in [0.1, 0.15) is 64.7 Å². The van der Waals surface area contributed by atoms with E-state index in [0.717, 1.165) is 24.8 Å². The van der Waals surface area contributed by atoms with Gasteiger partial charge in [0.2, 0.25) is 0 Å². The lowest BCUT2D eigenvalue weighted by molar-refractivity contribution is 0.0242. The summed E-state index contributed by atoms with van der Waals surface area (Å²) < 4.78 is 0. The molecule has 3 fully saturated rings. The molecule has 3 atom stereocenters. The van der Waals surface area contributed by atoms with Gasteiger partial charge < -0.3 is 15.3 Å². The molecule has 3 nitrogen and oxygen atoms in total. The van der Waals surface area contributed by atoms with Crippen molar-refractivity contribution in [2.45, 2.75) is 76.9 Å². The topological polar surface area (TPSA) is 35.5 Å². The van der Waals surface area contributed by atoms with Crippen LogP contribution in [0.15, 0.2) is 0 Å². The Bertz CT molecular complexity index is 325. The highest BCUT2D eigenvalue weighted by Gasteiger charge is 2.33. The predicted molar refractivity (Wildman–Crippen MR) is 91.9 cm³/mol. The Labute approximate surface area is 136 Å². The van der Waals surface area contributed by atoms with E-state index in [9.17, 15) is 5.11 Å². The second-order valence-corrected chi connectivity index (χ2v) is 8.24. The van der Waals surface area contributed by atoms with Crippen molar-refractivity contribution >= 4 is 0 Å². The highest BCUT2D eigenvalue weighted by molar-refractivity contribution is 4.88. The Morgan fingerprint density at radius 3 is 2.41 bits per heavy atom. The fourth-order valence-electron chi connectivity index (χ4n) is 4.73. The highest BCUT2D eigenvalue weighted by atomic mass is 16.3. The third-order valence-electron chi connectivity index (χ3n) is 6.43. The van der Waals surface area contributed by atoms with E-state index in [-0.39, 0.29) is 6.10 Å². The van der Waals surface area contributed by atoms with Crippen molar-refractivity contribution < 1.29 is 5.11 Å². The third-order valence-corrected chi connectivity index (χ3v) is 6.43. The van der Waals surface area contributed by atoms with Crippen molar-refractivity contribution in [3.8, 4) is 0 Å². The molecule has 0 spiro atoms. The summed E-state index contributed by atoms with van der Waals surface area (Å²) in [6.07, 6.45) is 12.0. The van der Waals surface area contributed by atoms with Crippen LogP contribution in [0, 0.1) is 17.8 Å². The quantitative estimate of drug-likeness (QED) is 0.759. The van der Waals surface area contributed by atoms with Gasteiger partial charge in [-0.1, -0.05) is 26.2 Å². The van der Waals surface area contributed by atoms with E-state index >= 15 is 0 Å². The van der Waals surface area contributed by atoms with Gasteiger partial charge in [0.15, 0.2) is 0 Å². The zero-order valence-corrected chi connectivity index (χ0v) is 14.5. The minimum Gasteiger partial charge on any atom is -0.393 e. The molecule has 1 saturated heterocycles. The largest absolute Gasteiger partial charge is 0.393 e. The SMILES string of the molecule is CCC(O)C1CC(NCC2CCCC2)CN(CC2CCC2)C1. The number of hydrogen-bond donors (Lipinski definition) is 2. The summed E-state index contributed by atoms with van der Waals surface area (Å²) >= 11 is 0. The van der Waals surface area contributed by atoms with E-state index in [4.69, 9.17) is 0 Å². The molecule has 1 heterocycles. The van der Waals surface area contributed by atoms with E-state index in [1.54, 1.807) is 0 Å². The summed E-state index contributed by atoms with van der Waals surface area (Å²) in [7, 11) is 0. The Hall–Kier alpha value is -0.120. The van der Waals surface area contributed by atoms with Gasteiger partial charge in [-0.15, -0.1) is 0 Å². The van der Waals surface area contributed by atoms with Crippen LogP contribution in [0.2, 0.25) is 0 Å². The van der Waals surface area contributed by atoms with Crippen molar-refractivity contribution in [2.24, 2.45) is 17.8 Å². The van der Waals surface area contributed by atoms with Crippen molar-refractivity contribution in [2.75, 3.05) is 26.2 Å². The molecular weight excluding hydrogens is 272 g/mol. The number of hydrogen-bond acceptors (Lipinski definition) is 3. The highest BCUT2D eigenvalue weighted by Crippen LogP contribution is 2.30. The number of nitrogens with zero attached hydrogens (tertiary/aromatic N) is 1. The fourth-order valence-corrected chi connectivity index (χ4v) is 4.73. The second kappa shape index (κ2) is 8.12. The molecule has 3 unspecified atom stereocenters. The molecule has 0 aromatic carbocycles. The van der Waals surface area contributed by atoms with Crippen LogP contribution < -0.4 is 5.32 Å². The average molecular weight is 309 g/mol. The molecule has 2 aliphatic carbocycles. The van der Waals surface area contributed by atoms with Gasteiger partial charge in [-0.2, -0.15) is 0 Å². The molecule has 2 N–H and O–H groups in total. The molecule has 128 valence electrons. The maximum atomic E-state index is 10.3. The van der Waals surface area contributed by atoms with E-state index < -0.39 is 0 Å². The number of aliphatic hydroxyl groups excluding tert-OH is 1. The minimum atomic E-state index is -0.111. The van der Waals surface area contributed by atoms with Crippen LogP contribution in [0.3, 0.4) is 0 Å². The summed E-state index contributed by atoms with van der Waals surface area (Å²) in [5.41, 5.74) is 0. The molecule has 0 radical (unpaired) electrons. The molecule has 0 aromatic rings. The predicted octanol–water partition coefficient (Wildman–Crippen LogP) is 3.03. The van der Waals surface area contributed by atoms with Crippen molar-refractivity contribution in [3.63, 3.8) is 0 Å². The van der Waals surface area contributed by atoms with Crippen LogP contribution in [0.5, 0.6) is 0 Å². The lowest BCUT2D eigenvalue weighted by atomic mass is 9.83. The smallest absolute Gasteiger partial charge is 0.0578 e. The summed E-state index contributed by atoms with van der Waals surface area (Å²) in [6, 6.07) is 0.598. The maximum Gasteiger partial charge on any atom is 0.0578 e. The molecule has 0 aromatic heterocycles. The van der Waals surface area contributed by atoms with Gasteiger partial charge in [0.1, 0.15) is 0 Å². The fraction of sp³-hybridized carbons (Fsp3) is 1.00. The van der Waals surface area contributed by atoms with E-state index in [2.05, 4.69) is 17.1 Å². The van der Waals surface area contributed by atoms with E-state index in [1.165, 1.54) is 71.0 Å².